The molecule has 1 N–H and O–H groups in total. The Labute approximate surface area is 107 Å². The van der Waals surface area contributed by atoms with E-state index in [1.165, 1.54) is 11.3 Å². The van der Waals surface area contributed by atoms with Crippen molar-refractivity contribution in [2.24, 2.45) is 0 Å². The van der Waals surface area contributed by atoms with Gasteiger partial charge >= 0.3 is 0 Å². The summed E-state index contributed by atoms with van der Waals surface area (Å²) < 4.78 is 5.67. The van der Waals surface area contributed by atoms with Crippen molar-refractivity contribution < 1.29 is 4.74 Å². The zero-order valence-corrected chi connectivity index (χ0v) is 12.1. The van der Waals surface area contributed by atoms with E-state index in [0.717, 1.165) is 18.1 Å². The fourth-order valence-corrected chi connectivity index (χ4v) is 1.62. The molecule has 0 spiro atoms. The maximum absolute atomic E-state index is 5.67. The van der Waals surface area contributed by atoms with Crippen LogP contribution >= 0.6 is 11.3 Å². The molecule has 98 valence electrons. The first-order valence-corrected chi connectivity index (χ1v) is 6.60. The Bertz CT molecular complexity index is 338. The number of nitrogens with zero attached hydrogens (tertiary/aromatic N) is 3. The smallest absolute Gasteiger partial charge is 0.294 e. The summed E-state index contributed by atoms with van der Waals surface area (Å²) >= 11 is 1.50. The van der Waals surface area contributed by atoms with Gasteiger partial charge in [0.05, 0.1) is 0 Å². The number of hydrogen-bond donors (Lipinski definition) is 1. The molecule has 0 aliphatic rings. The molecule has 1 aromatic heterocycles. The molecule has 1 heterocycles. The van der Waals surface area contributed by atoms with Gasteiger partial charge in [0.2, 0.25) is 0 Å². The average Bonchev–Trinajstić information content (AvgIpc) is 2.71. The van der Waals surface area contributed by atoms with Crippen molar-refractivity contribution in [1.29, 1.82) is 0 Å². The molecular formula is C11H22N4OS. The van der Waals surface area contributed by atoms with Crippen LogP contribution < -0.4 is 10.1 Å². The lowest BCUT2D eigenvalue weighted by Gasteiger charge is -2.31. The Morgan fingerprint density at radius 1 is 1.35 bits per heavy atom. The Balaban J connectivity index is 2.44. The van der Waals surface area contributed by atoms with Gasteiger partial charge in [0.1, 0.15) is 11.6 Å². The number of ether oxygens (including phenoxy) is 1. The molecule has 0 radical (unpaired) electrons. The molecule has 1 rings (SSSR count). The zero-order valence-electron chi connectivity index (χ0n) is 11.3. The molecule has 0 bridgehead atoms. The van der Waals surface area contributed by atoms with E-state index < -0.39 is 0 Å². The van der Waals surface area contributed by atoms with E-state index in [-0.39, 0.29) is 5.54 Å². The topological polar surface area (TPSA) is 50.3 Å². The fourth-order valence-electron chi connectivity index (χ4n) is 0.967. The summed E-state index contributed by atoms with van der Waals surface area (Å²) in [5.74, 6) is 0. The first-order chi connectivity index (χ1) is 7.95. The minimum absolute atomic E-state index is 0.00645. The zero-order chi connectivity index (χ0) is 12.9. The molecule has 0 amide bonds. The Kier molecular flexibility index (Phi) is 5.30. The van der Waals surface area contributed by atoms with Crippen LogP contribution in [0.5, 0.6) is 5.19 Å². The van der Waals surface area contributed by atoms with Crippen molar-refractivity contribution in [1.82, 2.24) is 20.4 Å². The molecule has 0 aliphatic carbocycles. The predicted octanol–water partition coefficient (Wildman–Crippen LogP) is 1.37. The Hall–Kier alpha value is -0.720. The van der Waals surface area contributed by atoms with Crippen molar-refractivity contribution >= 4 is 11.3 Å². The molecule has 0 fully saturated rings. The normalized spacial score (nSPS) is 12.1. The number of hydrogen-bond acceptors (Lipinski definition) is 6. The van der Waals surface area contributed by atoms with Crippen molar-refractivity contribution in [2.75, 3.05) is 27.2 Å². The van der Waals surface area contributed by atoms with Crippen LogP contribution in [0.25, 0.3) is 0 Å². The minimum atomic E-state index is -0.00645. The van der Waals surface area contributed by atoms with Gasteiger partial charge in [-0.3, -0.25) is 0 Å². The molecule has 0 saturated carbocycles. The van der Waals surface area contributed by atoms with Crippen molar-refractivity contribution in [3.05, 3.63) is 5.01 Å². The second-order valence-electron chi connectivity index (χ2n) is 4.74. The highest BCUT2D eigenvalue weighted by atomic mass is 32.1. The maximum Gasteiger partial charge on any atom is 0.294 e. The minimum Gasteiger partial charge on any atom is -0.467 e. The molecule has 6 heteroatoms. The summed E-state index contributed by atoms with van der Waals surface area (Å²) in [7, 11) is 4.08. The first kappa shape index (κ1) is 14.3. The van der Waals surface area contributed by atoms with E-state index >= 15 is 0 Å². The summed E-state index contributed by atoms with van der Waals surface area (Å²) in [5.41, 5.74) is -0.00645. The molecule has 5 nitrogen and oxygen atoms in total. The SMILES string of the molecule is CCNCc1nnc(OCC(C)(C)N(C)C)s1. The number of aromatic nitrogens is 2. The lowest BCUT2D eigenvalue weighted by molar-refractivity contribution is 0.113. The second kappa shape index (κ2) is 6.28. The van der Waals surface area contributed by atoms with Gasteiger partial charge in [0, 0.05) is 12.1 Å². The van der Waals surface area contributed by atoms with E-state index in [0.29, 0.717) is 11.8 Å². The van der Waals surface area contributed by atoms with Crippen LogP contribution in [-0.4, -0.2) is 47.9 Å². The molecule has 0 atom stereocenters. The van der Waals surface area contributed by atoms with Gasteiger partial charge in [-0.05, 0) is 34.5 Å². The lowest BCUT2D eigenvalue weighted by atomic mass is 10.1. The van der Waals surface area contributed by atoms with Gasteiger partial charge < -0.3 is 15.0 Å². The predicted molar refractivity (Wildman–Crippen MR) is 70.6 cm³/mol. The van der Waals surface area contributed by atoms with Gasteiger partial charge in [0.15, 0.2) is 0 Å². The van der Waals surface area contributed by atoms with Crippen molar-refractivity contribution in [3.8, 4) is 5.19 Å². The van der Waals surface area contributed by atoms with Gasteiger partial charge in [-0.15, -0.1) is 10.2 Å². The quantitative estimate of drug-likeness (QED) is 0.800. The third kappa shape index (κ3) is 4.57. The number of nitrogens with one attached hydrogen (secondary N) is 1. The highest BCUT2D eigenvalue weighted by Gasteiger charge is 2.22. The van der Waals surface area contributed by atoms with Gasteiger partial charge in [-0.2, -0.15) is 0 Å². The monoisotopic (exact) mass is 258 g/mol. The van der Waals surface area contributed by atoms with E-state index in [2.05, 4.69) is 41.2 Å². The molecule has 0 unspecified atom stereocenters. The highest BCUT2D eigenvalue weighted by molar-refractivity contribution is 7.13. The summed E-state index contributed by atoms with van der Waals surface area (Å²) in [5, 5.41) is 12.9. The van der Waals surface area contributed by atoms with Crippen LogP contribution in [0.4, 0.5) is 0 Å². The fraction of sp³-hybridized carbons (Fsp3) is 0.818. The Morgan fingerprint density at radius 3 is 2.65 bits per heavy atom. The van der Waals surface area contributed by atoms with Crippen LogP contribution in [0.1, 0.15) is 25.8 Å². The van der Waals surface area contributed by atoms with E-state index in [1.54, 1.807) is 0 Å². The molecule has 1 aromatic rings. The average molecular weight is 258 g/mol. The first-order valence-electron chi connectivity index (χ1n) is 5.79. The van der Waals surface area contributed by atoms with Gasteiger partial charge in [0.25, 0.3) is 5.19 Å². The summed E-state index contributed by atoms with van der Waals surface area (Å²) in [6.07, 6.45) is 0. The molecular weight excluding hydrogens is 236 g/mol. The number of likely N-dealkylation sites (N-methyl/N-ethyl adjacent to an activating group) is 1. The Morgan fingerprint density at radius 2 is 2.06 bits per heavy atom. The summed E-state index contributed by atoms with van der Waals surface area (Å²) in [6.45, 7) is 8.63. The van der Waals surface area contributed by atoms with E-state index in [4.69, 9.17) is 4.74 Å². The van der Waals surface area contributed by atoms with Crippen LogP contribution in [0.2, 0.25) is 0 Å². The van der Waals surface area contributed by atoms with Gasteiger partial charge in [-0.25, -0.2) is 0 Å². The second-order valence-corrected chi connectivity index (χ2v) is 5.76. The van der Waals surface area contributed by atoms with Crippen molar-refractivity contribution in [2.45, 2.75) is 32.9 Å². The van der Waals surface area contributed by atoms with Crippen LogP contribution in [-0.2, 0) is 6.54 Å². The van der Waals surface area contributed by atoms with Crippen LogP contribution in [0, 0.1) is 0 Å². The third-order valence-corrected chi connectivity index (χ3v) is 3.57. The third-order valence-electron chi connectivity index (χ3n) is 2.73. The standard InChI is InChI=1S/C11H22N4OS/c1-6-12-7-9-13-14-10(17-9)16-8-11(2,3)15(4)5/h12H,6-8H2,1-5H3. The summed E-state index contributed by atoms with van der Waals surface area (Å²) in [4.78, 5) is 2.13. The largest absolute Gasteiger partial charge is 0.467 e. The van der Waals surface area contributed by atoms with Gasteiger partial charge in [-0.1, -0.05) is 18.3 Å². The maximum atomic E-state index is 5.67. The lowest BCUT2D eigenvalue weighted by Crippen LogP contribution is -2.43. The summed E-state index contributed by atoms with van der Waals surface area (Å²) in [6, 6.07) is 0. The van der Waals surface area contributed by atoms with Crippen molar-refractivity contribution in [3.63, 3.8) is 0 Å². The van der Waals surface area contributed by atoms with Crippen LogP contribution in [0.3, 0.4) is 0 Å². The van der Waals surface area contributed by atoms with Crippen LogP contribution in [0.15, 0.2) is 0 Å². The molecule has 0 saturated heterocycles. The molecule has 0 aliphatic heterocycles. The molecule has 17 heavy (non-hydrogen) atoms. The van der Waals surface area contributed by atoms with E-state index in [9.17, 15) is 0 Å². The number of rotatable bonds is 7. The highest BCUT2D eigenvalue weighted by Crippen LogP contribution is 2.20. The van der Waals surface area contributed by atoms with E-state index in [1.807, 2.05) is 14.1 Å². The molecule has 0 aromatic carbocycles.